The summed E-state index contributed by atoms with van der Waals surface area (Å²) < 4.78 is 0. The number of nitrogens with zero attached hydrogens (tertiary/aromatic N) is 1. The van der Waals surface area contributed by atoms with E-state index in [1.807, 2.05) is 6.92 Å². The van der Waals surface area contributed by atoms with Crippen molar-refractivity contribution < 1.29 is 4.79 Å². The van der Waals surface area contributed by atoms with Crippen LogP contribution in [0, 0.1) is 5.41 Å². The quantitative estimate of drug-likeness (QED) is 0.336. The average Bonchev–Trinajstić information content (AvgIpc) is 2.14. The molecule has 0 radical (unpaired) electrons. The SMILES string of the molecule is CCCCNC(=O)N(CC)CC(=N)N. The Bertz CT molecular complexity index is 193. The third kappa shape index (κ3) is 5.40. The number of urea groups is 1. The van der Waals surface area contributed by atoms with E-state index in [0.717, 1.165) is 12.8 Å². The van der Waals surface area contributed by atoms with Gasteiger partial charge in [-0.3, -0.25) is 5.41 Å². The van der Waals surface area contributed by atoms with Crippen molar-refractivity contribution in [1.82, 2.24) is 10.2 Å². The molecule has 0 aliphatic rings. The van der Waals surface area contributed by atoms with Crippen LogP contribution in [-0.2, 0) is 0 Å². The van der Waals surface area contributed by atoms with E-state index in [-0.39, 0.29) is 18.4 Å². The van der Waals surface area contributed by atoms with Crippen LogP contribution in [0.15, 0.2) is 0 Å². The van der Waals surface area contributed by atoms with Crippen molar-refractivity contribution in [2.45, 2.75) is 26.7 Å². The number of amidine groups is 1. The highest BCUT2D eigenvalue weighted by Crippen LogP contribution is 1.90. The Kier molecular flexibility index (Phi) is 6.53. The summed E-state index contributed by atoms with van der Waals surface area (Å²) in [5.41, 5.74) is 5.22. The van der Waals surface area contributed by atoms with Crippen molar-refractivity contribution in [3.05, 3.63) is 0 Å². The molecule has 5 nitrogen and oxygen atoms in total. The first kappa shape index (κ1) is 12.7. The molecule has 5 heteroatoms. The molecule has 0 aromatic carbocycles. The van der Waals surface area contributed by atoms with E-state index in [0.29, 0.717) is 13.1 Å². The smallest absolute Gasteiger partial charge is 0.317 e. The number of carbonyl (C=O) groups excluding carboxylic acids is 1. The fourth-order valence-electron chi connectivity index (χ4n) is 1.02. The van der Waals surface area contributed by atoms with Crippen LogP contribution in [0.2, 0.25) is 0 Å². The third-order valence-corrected chi connectivity index (χ3v) is 1.84. The lowest BCUT2D eigenvalue weighted by molar-refractivity contribution is 0.207. The Labute approximate surface area is 85.2 Å². The minimum atomic E-state index is -0.142. The number of unbranched alkanes of at least 4 members (excludes halogenated alkanes) is 1. The molecule has 0 aliphatic heterocycles. The number of hydrogen-bond acceptors (Lipinski definition) is 2. The van der Waals surface area contributed by atoms with Crippen LogP contribution in [0.1, 0.15) is 26.7 Å². The van der Waals surface area contributed by atoms with Crippen LogP contribution >= 0.6 is 0 Å². The number of carbonyl (C=O) groups is 1. The Hall–Kier alpha value is -1.26. The lowest BCUT2D eigenvalue weighted by Crippen LogP contribution is -2.44. The van der Waals surface area contributed by atoms with E-state index < -0.39 is 0 Å². The summed E-state index contributed by atoms with van der Waals surface area (Å²) >= 11 is 0. The molecule has 0 bridgehead atoms. The predicted molar refractivity (Wildman–Crippen MR) is 57.5 cm³/mol. The van der Waals surface area contributed by atoms with Crippen molar-refractivity contribution in [1.29, 1.82) is 5.41 Å². The zero-order valence-electron chi connectivity index (χ0n) is 8.97. The van der Waals surface area contributed by atoms with Gasteiger partial charge in [0.05, 0.1) is 6.54 Å². The molecule has 0 fully saturated rings. The summed E-state index contributed by atoms with van der Waals surface area (Å²) in [4.78, 5) is 13.0. The van der Waals surface area contributed by atoms with E-state index in [1.54, 1.807) is 0 Å². The Morgan fingerprint density at radius 2 is 2.14 bits per heavy atom. The minimum Gasteiger partial charge on any atom is -0.386 e. The summed E-state index contributed by atoms with van der Waals surface area (Å²) in [7, 11) is 0. The van der Waals surface area contributed by atoms with Crippen molar-refractivity contribution in [3.8, 4) is 0 Å². The number of nitrogens with two attached hydrogens (primary N) is 1. The van der Waals surface area contributed by atoms with Gasteiger partial charge in [-0.25, -0.2) is 4.79 Å². The summed E-state index contributed by atoms with van der Waals surface area (Å²) in [6.07, 6.45) is 2.03. The predicted octanol–water partition coefficient (Wildman–Crippen LogP) is 0.754. The highest BCUT2D eigenvalue weighted by molar-refractivity contribution is 5.84. The summed E-state index contributed by atoms with van der Waals surface area (Å²) in [6, 6.07) is -0.142. The molecule has 0 heterocycles. The van der Waals surface area contributed by atoms with Gasteiger partial charge in [0.25, 0.3) is 0 Å². The van der Waals surface area contributed by atoms with E-state index in [9.17, 15) is 4.79 Å². The highest BCUT2D eigenvalue weighted by Gasteiger charge is 2.10. The van der Waals surface area contributed by atoms with Gasteiger partial charge in [-0.1, -0.05) is 13.3 Å². The maximum absolute atomic E-state index is 11.4. The lowest BCUT2D eigenvalue weighted by Gasteiger charge is -2.20. The molecule has 82 valence electrons. The molecule has 0 atom stereocenters. The van der Waals surface area contributed by atoms with Gasteiger partial charge in [-0.05, 0) is 13.3 Å². The Morgan fingerprint density at radius 1 is 1.50 bits per heavy atom. The van der Waals surface area contributed by atoms with Gasteiger partial charge >= 0.3 is 6.03 Å². The molecular formula is C9H20N4O. The summed E-state index contributed by atoms with van der Waals surface area (Å²) in [5.74, 6) is 0.0116. The van der Waals surface area contributed by atoms with Crippen molar-refractivity contribution in [3.63, 3.8) is 0 Å². The normalized spacial score (nSPS) is 9.57. The van der Waals surface area contributed by atoms with E-state index in [2.05, 4.69) is 12.2 Å². The number of nitrogens with one attached hydrogen (secondary N) is 2. The first-order chi connectivity index (χ1) is 6.61. The summed E-state index contributed by atoms with van der Waals surface area (Å²) in [5, 5.41) is 9.87. The molecule has 0 aromatic heterocycles. The van der Waals surface area contributed by atoms with Crippen molar-refractivity contribution in [2.75, 3.05) is 19.6 Å². The molecule has 2 amide bonds. The molecule has 4 N–H and O–H groups in total. The second-order valence-corrected chi connectivity index (χ2v) is 3.12. The Balaban J connectivity index is 3.85. The van der Waals surface area contributed by atoms with Crippen LogP contribution in [-0.4, -0.2) is 36.4 Å². The average molecular weight is 200 g/mol. The van der Waals surface area contributed by atoms with Gasteiger partial charge in [0.2, 0.25) is 0 Å². The number of rotatable bonds is 6. The maximum atomic E-state index is 11.4. The second-order valence-electron chi connectivity index (χ2n) is 3.12. The molecule has 0 spiro atoms. The van der Waals surface area contributed by atoms with Crippen molar-refractivity contribution in [2.24, 2.45) is 5.73 Å². The van der Waals surface area contributed by atoms with Gasteiger partial charge in [-0.2, -0.15) is 0 Å². The largest absolute Gasteiger partial charge is 0.386 e. The maximum Gasteiger partial charge on any atom is 0.317 e. The highest BCUT2D eigenvalue weighted by atomic mass is 16.2. The van der Waals surface area contributed by atoms with E-state index >= 15 is 0 Å². The third-order valence-electron chi connectivity index (χ3n) is 1.84. The van der Waals surface area contributed by atoms with E-state index in [4.69, 9.17) is 11.1 Å². The molecule has 14 heavy (non-hydrogen) atoms. The monoisotopic (exact) mass is 200 g/mol. The van der Waals surface area contributed by atoms with Crippen LogP contribution in [0.4, 0.5) is 4.79 Å². The first-order valence-corrected chi connectivity index (χ1v) is 4.97. The molecule has 0 aliphatic carbocycles. The Morgan fingerprint density at radius 3 is 2.57 bits per heavy atom. The minimum absolute atomic E-state index is 0.0116. The zero-order chi connectivity index (χ0) is 11.0. The summed E-state index contributed by atoms with van der Waals surface area (Å²) in [6.45, 7) is 5.39. The fourth-order valence-corrected chi connectivity index (χ4v) is 1.02. The number of hydrogen-bond donors (Lipinski definition) is 3. The zero-order valence-corrected chi connectivity index (χ0v) is 8.97. The topological polar surface area (TPSA) is 82.2 Å². The van der Waals surface area contributed by atoms with Gasteiger partial charge in [0, 0.05) is 13.1 Å². The second kappa shape index (κ2) is 7.17. The van der Waals surface area contributed by atoms with Crippen LogP contribution in [0.25, 0.3) is 0 Å². The van der Waals surface area contributed by atoms with Gasteiger partial charge in [0.1, 0.15) is 5.84 Å². The fraction of sp³-hybridized carbons (Fsp3) is 0.778. The van der Waals surface area contributed by atoms with E-state index in [1.165, 1.54) is 4.90 Å². The lowest BCUT2D eigenvalue weighted by atomic mass is 10.3. The first-order valence-electron chi connectivity index (χ1n) is 4.97. The molecule has 0 rings (SSSR count). The van der Waals surface area contributed by atoms with Crippen LogP contribution < -0.4 is 11.1 Å². The number of likely N-dealkylation sites (N-methyl/N-ethyl adjacent to an activating group) is 1. The standard InChI is InChI=1S/C9H20N4O/c1-3-5-6-12-9(14)13(4-2)7-8(10)11/h3-7H2,1-2H3,(H3,10,11)(H,12,14). The van der Waals surface area contributed by atoms with Crippen molar-refractivity contribution >= 4 is 11.9 Å². The van der Waals surface area contributed by atoms with Crippen LogP contribution in [0.5, 0.6) is 0 Å². The molecule has 0 aromatic rings. The molecular weight excluding hydrogens is 180 g/mol. The van der Waals surface area contributed by atoms with Crippen LogP contribution in [0.3, 0.4) is 0 Å². The van der Waals surface area contributed by atoms with Gasteiger partial charge in [0.15, 0.2) is 0 Å². The molecule has 0 saturated heterocycles. The van der Waals surface area contributed by atoms with Gasteiger partial charge in [-0.15, -0.1) is 0 Å². The molecule has 0 saturated carbocycles. The number of amides is 2. The van der Waals surface area contributed by atoms with Gasteiger partial charge < -0.3 is 16.0 Å². The molecule has 0 unspecified atom stereocenters.